The molecule has 1 atom stereocenters. The molecule has 180 valence electrons. The molecule has 2 fully saturated rings. The van der Waals surface area contributed by atoms with Gasteiger partial charge in [0, 0.05) is 45.0 Å². The number of nitrogens with zero attached hydrogens (tertiary/aromatic N) is 3. The second kappa shape index (κ2) is 11.0. The Hall–Kier alpha value is -1.94. The van der Waals surface area contributed by atoms with E-state index in [0.29, 0.717) is 23.7 Å². The highest BCUT2D eigenvalue weighted by Crippen LogP contribution is 2.28. The zero-order valence-electron chi connectivity index (χ0n) is 19.3. The number of aryl methyl sites for hydroxylation is 1. The average Bonchev–Trinajstić information content (AvgIpc) is 3.52. The standard InChI is InChI=1S/C24H34N4O3S2/c1-20-7-4-8-21(19-20)27-16-14-26(15-17-27)12-3-2-11-25-24(29)22-9-5-13-28(22)33(30,31)23-10-6-18-32-23/h4,6-8,10,18-19,22H,2-3,5,9,11-17H2,1H3,(H,25,29)/t22-/m1/s1. The van der Waals surface area contributed by atoms with Crippen LogP contribution in [0.1, 0.15) is 31.2 Å². The molecule has 9 heteroatoms. The molecule has 7 nitrogen and oxygen atoms in total. The van der Waals surface area contributed by atoms with Crippen molar-refractivity contribution in [2.45, 2.75) is 42.9 Å². The molecule has 1 N–H and O–H groups in total. The van der Waals surface area contributed by atoms with E-state index < -0.39 is 16.1 Å². The van der Waals surface area contributed by atoms with Crippen LogP contribution in [0.4, 0.5) is 5.69 Å². The molecule has 0 radical (unpaired) electrons. The van der Waals surface area contributed by atoms with Crippen molar-refractivity contribution in [3.05, 3.63) is 47.3 Å². The average molecular weight is 491 g/mol. The molecule has 0 bridgehead atoms. The molecule has 2 aliphatic rings. The Morgan fingerprint density at radius 3 is 2.64 bits per heavy atom. The number of carbonyl (C=O) groups is 1. The lowest BCUT2D eigenvalue weighted by atomic mass is 10.2. The quantitative estimate of drug-likeness (QED) is 0.547. The van der Waals surface area contributed by atoms with Crippen molar-refractivity contribution in [3.63, 3.8) is 0 Å². The van der Waals surface area contributed by atoms with Crippen molar-refractivity contribution >= 4 is 33.0 Å². The Balaban J connectivity index is 1.15. The minimum Gasteiger partial charge on any atom is -0.369 e. The predicted octanol–water partition coefficient (Wildman–Crippen LogP) is 2.93. The molecule has 2 aliphatic heterocycles. The van der Waals surface area contributed by atoms with Crippen LogP contribution in [0.15, 0.2) is 46.0 Å². The van der Waals surface area contributed by atoms with Gasteiger partial charge in [0.1, 0.15) is 10.3 Å². The molecular weight excluding hydrogens is 456 g/mol. The van der Waals surface area contributed by atoms with Gasteiger partial charge in [-0.1, -0.05) is 18.2 Å². The van der Waals surface area contributed by atoms with Crippen LogP contribution in [0.3, 0.4) is 0 Å². The summed E-state index contributed by atoms with van der Waals surface area (Å²) in [4.78, 5) is 17.6. The van der Waals surface area contributed by atoms with E-state index in [4.69, 9.17) is 0 Å². The third-order valence-corrected chi connectivity index (χ3v) is 9.79. The number of piperazine rings is 1. The fraction of sp³-hybridized carbons (Fsp3) is 0.542. The molecule has 3 heterocycles. The fourth-order valence-corrected chi connectivity index (χ4v) is 7.44. The van der Waals surface area contributed by atoms with E-state index in [1.54, 1.807) is 17.5 Å². The van der Waals surface area contributed by atoms with Gasteiger partial charge in [-0.05, 0) is 68.3 Å². The third-order valence-electron chi connectivity index (χ3n) is 6.50. The van der Waals surface area contributed by atoms with E-state index in [9.17, 15) is 13.2 Å². The van der Waals surface area contributed by atoms with Gasteiger partial charge in [-0.2, -0.15) is 4.31 Å². The lowest BCUT2D eigenvalue weighted by molar-refractivity contribution is -0.124. The first-order valence-electron chi connectivity index (χ1n) is 11.8. The maximum Gasteiger partial charge on any atom is 0.253 e. The maximum absolute atomic E-state index is 12.8. The summed E-state index contributed by atoms with van der Waals surface area (Å²) in [6.07, 6.45) is 3.22. The zero-order valence-corrected chi connectivity index (χ0v) is 20.9. The van der Waals surface area contributed by atoms with Gasteiger partial charge in [-0.15, -0.1) is 11.3 Å². The number of sulfonamides is 1. The van der Waals surface area contributed by atoms with Crippen LogP contribution in [0.25, 0.3) is 0 Å². The first kappa shape index (κ1) is 24.2. The zero-order chi connectivity index (χ0) is 23.3. The molecule has 0 unspecified atom stereocenters. The minimum absolute atomic E-state index is 0.167. The number of rotatable bonds is 9. The number of amides is 1. The van der Waals surface area contributed by atoms with Gasteiger partial charge >= 0.3 is 0 Å². The minimum atomic E-state index is -3.59. The molecule has 1 amide bonds. The second-order valence-corrected chi connectivity index (χ2v) is 11.9. The summed E-state index contributed by atoms with van der Waals surface area (Å²) in [6, 6.07) is 11.4. The van der Waals surface area contributed by atoms with Crippen LogP contribution >= 0.6 is 11.3 Å². The van der Waals surface area contributed by atoms with Crippen molar-refractivity contribution in [2.75, 3.05) is 50.7 Å². The first-order valence-corrected chi connectivity index (χ1v) is 14.1. The van der Waals surface area contributed by atoms with Crippen LogP contribution in [0, 0.1) is 6.92 Å². The maximum atomic E-state index is 12.8. The number of nitrogens with one attached hydrogen (secondary N) is 1. The van der Waals surface area contributed by atoms with Crippen molar-refractivity contribution < 1.29 is 13.2 Å². The highest BCUT2D eigenvalue weighted by atomic mass is 32.2. The molecule has 0 saturated carbocycles. The smallest absolute Gasteiger partial charge is 0.253 e. The number of benzene rings is 1. The van der Waals surface area contributed by atoms with Gasteiger partial charge < -0.3 is 10.2 Å². The van der Waals surface area contributed by atoms with E-state index in [1.807, 2.05) is 0 Å². The van der Waals surface area contributed by atoms with Crippen molar-refractivity contribution in [3.8, 4) is 0 Å². The molecule has 4 rings (SSSR count). The predicted molar refractivity (Wildman–Crippen MR) is 133 cm³/mol. The summed E-state index contributed by atoms with van der Waals surface area (Å²) in [5.74, 6) is -0.167. The molecular formula is C24H34N4O3S2. The number of hydrogen-bond acceptors (Lipinski definition) is 6. The largest absolute Gasteiger partial charge is 0.369 e. The summed E-state index contributed by atoms with van der Waals surface area (Å²) in [5, 5.41) is 4.73. The number of hydrogen-bond donors (Lipinski definition) is 1. The molecule has 2 aromatic rings. The van der Waals surface area contributed by atoms with Crippen LogP contribution < -0.4 is 10.2 Å². The van der Waals surface area contributed by atoms with Crippen molar-refractivity contribution in [1.29, 1.82) is 0 Å². The summed E-state index contributed by atoms with van der Waals surface area (Å²) >= 11 is 1.20. The van der Waals surface area contributed by atoms with Gasteiger partial charge in [0.2, 0.25) is 5.91 Å². The number of carbonyl (C=O) groups excluding carboxylic acids is 1. The topological polar surface area (TPSA) is 73.0 Å². The SMILES string of the molecule is Cc1cccc(N2CCN(CCCCNC(=O)[C@H]3CCCN3S(=O)(=O)c3cccs3)CC2)c1. The molecule has 1 aromatic heterocycles. The molecule has 2 saturated heterocycles. The Bertz CT molecular complexity index is 1020. The van der Waals surface area contributed by atoms with Crippen LogP contribution in [0.2, 0.25) is 0 Å². The van der Waals surface area contributed by atoms with Crippen LogP contribution in [-0.2, 0) is 14.8 Å². The molecule has 33 heavy (non-hydrogen) atoms. The Labute approximate surface area is 201 Å². The van der Waals surface area contributed by atoms with Gasteiger partial charge in [0.15, 0.2) is 0 Å². The summed E-state index contributed by atoms with van der Waals surface area (Å²) in [5.41, 5.74) is 2.60. The normalized spacial score (nSPS) is 20.3. The highest BCUT2D eigenvalue weighted by molar-refractivity contribution is 7.91. The lowest BCUT2D eigenvalue weighted by Crippen LogP contribution is -2.47. The Morgan fingerprint density at radius 1 is 1.09 bits per heavy atom. The molecule has 0 aliphatic carbocycles. The van der Waals surface area contributed by atoms with Gasteiger partial charge in [0.25, 0.3) is 10.0 Å². The summed E-state index contributed by atoms with van der Waals surface area (Å²) in [6.45, 7) is 8.34. The Kier molecular flexibility index (Phi) is 8.06. The van der Waals surface area contributed by atoms with Crippen LogP contribution in [0.5, 0.6) is 0 Å². The van der Waals surface area contributed by atoms with E-state index in [0.717, 1.165) is 52.0 Å². The van der Waals surface area contributed by atoms with Crippen LogP contribution in [-0.4, -0.2) is 75.4 Å². The van der Waals surface area contributed by atoms with Crippen molar-refractivity contribution in [1.82, 2.24) is 14.5 Å². The van der Waals surface area contributed by atoms with E-state index in [-0.39, 0.29) is 5.91 Å². The van der Waals surface area contributed by atoms with Gasteiger partial charge in [-0.25, -0.2) is 8.42 Å². The lowest BCUT2D eigenvalue weighted by Gasteiger charge is -2.36. The van der Waals surface area contributed by atoms with E-state index in [2.05, 4.69) is 46.3 Å². The first-order chi connectivity index (χ1) is 15.9. The monoisotopic (exact) mass is 490 g/mol. The number of anilines is 1. The summed E-state index contributed by atoms with van der Waals surface area (Å²) in [7, 11) is -3.59. The Morgan fingerprint density at radius 2 is 1.91 bits per heavy atom. The molecule has 1 aromatic carbocycles. The second-order valence-electron chi connectivity index (χ2n) is 8.87. The van der Waals surface area contributed by atoms with E-state index in [1.165, 1.54) is 26.9 Å². The summed E-state index contributed by atoms with van der Waals surface area (Å²) < 4.78 is 27.4. The highest BCUT2D eigenvalue weighted by Gasteiger charge is 2.39. The fourth-order valence-electron chi connectivity index (χ4n) is 4.66. The molecule has 0 spiro atoms. The number of thiophene rings is 1. The van der Waals surface area contributed by atoms with Crippen molar-refractivity contribution in [2.24, 2.45) is 0 Å². The van der Waals surface area contributed by atoms with E-state index >= 15 is 0 Å². The number of unbranched alkanes of at least 4 members (excludes halogenated alkanes) is 1. The third kappa shape index (κ3) is 5.95. The van der Waals surface area contributed by atoms with Gasteiger partial charge in [-0.3, -0.25) is 9.69 Å². The van der Waals surface area contributed by atoms with Gasteiger partial charge in [0.05, 0.1) is 0 Å².